The summed E-state index contributed by atoms with van der Waals surface area (Å²) in [5.74, 6) is -0.321. The van der Waals surface area contributed by atoms with Crippen LogP contribution in [0.4, 0.5) is 30.5 Å². The van der Waals surface area contributed by atoms with Crippen LogP contribution >= 0.6 is 0 Å². The van der Waals surface area contributed by atoms with Crippen molar-refractivity contribution < 1.29 is 22.8 Å². The Labute approximate surface area is 151 Å². The standard InChI is InChI=1S/C16H16F3N5O3/c17-13-6-11(24(25)26)7-21-15(13)23-10-2-1-9(5-10)22-14-4-3-12(8-20-14)27-16(18)19/h3-4,6-10,16H,1-2,5H2,(H,20,22)(H,21,23)/t9-,10-/m0/s1. The van der Waals surface area contributed by atoms with Crippen LogP contribution in [0.25, 0.3) is 0 Å². The summed E-state index contributed by atoms with van der Waals surface area (Å²) in [6, 6.07) is 3.75. The molecule has 1 saturated carbocycles. The van der Waals surface area contributed by atoms with E-state index in [1.54, 1.807) is 0 Å². The Morgan fingerprint density at radius 3 is 2.52 bits per heavy atom. The summed E-state index contributed by atoms with van der Waals surface area (Å²) < 4.78 is 42.4. The number of hydrogen-bond donors (Lipinski definition) is 2. The van der Waals surface area contributed by atoms with Gasteiger partial charge in [-0.1, -0.05) is 0 Å². The molecule has 0 amide bonds. The van der Waals surface area contributed by atoms with Crippen molar-refractivity contribution >= 4 is 17.3 Å². The van der Waals surface area contributed by atoms with Gasteiger partial charge in [-0.3, -0.25) is 10.1 Å². The normalized spacial score (nSPS) is 19.1. The molecule has 1 aliphatic rings. The number of nitro groups is 1. The minimum absolute atomic E-state index is 0.0266. The largest absolute Gasteiger partial charge is 0.433 e. The third-order valence-electron chi connectivity index (χ3n) is 4.12. The number of aromatic nitrogens is 2. The van der Waals surface area contributed by atoms with Gasteiger partial charge in [0, 0.05) is 12.1 Å². The zero-order valence-electron chi connectivity index (χ0n) is 13.9. The first kappa shape index (κ1) is 18.7. The molecule has 0 radical (unpaired) electrons. The molecule has 2 aromatic rings. The highest BCUT2D eigenvalue weighted by molar-refractivity contribution is 5.44. The number of hydrogen-bond acceptors (Lipinski definition) is 7. The number of anilines is 2. The van der Waals surface area contributed by atoms with Crippen molar-refractivity contribution in [1.29, 1.82) is 0 Å². The third-order valence-corrected chi connectivity index (χ3v) is 4.12. The van der Waals surface area contributed by atoms with Gasteiger partial charge < -0.3 is 15.4 Å². The topological polar surface area (TPSA) is 102 Å². The predicted octanol–water partition coefficient (Wildman–Crippen LogP) is 3.57. The Balaban J connectivity index is 1.53. The Morgan fingerprint density at radius 1 is 1.19 bits per heavy atom. The summed E-state index contributed by atoms with van der Waals surface area (Å²) in [6.07, 6.45) is 4.37. The minimum atomic E-state index is -2.90. The SMILES string of the molecule is O=[N+]([O-])c1cnc(N[C@H]2CC[C@H](Nc3ccc(OC(F)F)cn3)C2)c(F)c1. The van der Waals surface area contributed by atoms with Gasteiger partial charge in [-0.05, 0) is 31.4 Å². The van der Waals surface area contributed by atoms with Gasteiger partial charge in [0.25, 0.3) is 5.69 Å². The van der Waals surface area contributed by atoms with Gasteiger partial charge in [0.15, 0.2) is 11.6 Å². The molecular formula is C16H16F3N5O3. The molecule has 1 aliphatic carbocycles. The molecule has 3 rings (SSSR count). The highest BCUT2D eigenvalue weighted by Crippen LogP contribution is 2.27. The molecule has 144 valence electrons. The molecule has 0 unspecified atom stereocenters. The average Bonchev–Trinajstić information content (AvgIpc) is 3.05. The predicted molar refractivity (Wildman–Crippen MR) is 90.4 cm³/mol. The van der Waals surface area contributed by atoms with Crippen molar-refractivity contribution in [1.82, 2.24) is 9.97 Å². The summed E-state index contributed by atoms with van der Waals surface area (Å²) in [7, 11) is 0. The Hall–Kier alpha value is -3.11. The fourth-order valence-corrected chi connectivity index (χ4v) is 2.92. The summed E-state index contributed by atoms with van der Waals surface area (Å²) in [5.41, 5.74) is -0.408. The van der Waals surface area contributed by atoms with Crippen molar-refractivity contribution in [3.63, 3.8) is 0 Å². The van der Waals surface area contributed by atoms with Crippen molar-refractivity contribution in [3.8, 4) is 5.75 Å². The Kier molecular flexibility index (Phi) is 5.57. The monoisotopic (exact) mass is 383 g/mol. The van der Waals surface area contributed by atoms with E-state index in [2.05, 4.69) is 25.3 Å². The lowest BCUT2D eigenvalue weighted by Gasteiger charge is -2.16. The van der Waals surface area contributed by atoms with E-state index >= 15 is 0 Å². The first-order chi connectivity index (χ1) is 12.9. The van der Waals surface area contributed by atoms with Gasteiger partial charge in [-0.15, -0.1) is 0 Å². The van der Waals surface area contributed by atoms with Gasteiger partial charge in [-0.25, -0.2) is 14.4 Å². The maximum Gasteiger partial charge on any atom is 0.387 e. The smallest absolute Gasteiger partial charge is 0.387 e. The van der Waals surface area contributed by atoms with Gasteiger partial charge in [0.1, 0.15) is 17.8 Å². The van der Waals surface area contributed by atoms with Crippen LogP contribution in [0.2, 0.25) is 0 Å². The number of rotatable bonds is 7. The van der Waals surface area contributed by atoms with E-state index in [-0.39, 0.29) is 23.7 Å². The molecule has 1 fully saturated rings. The quantitative estimate of drug-likeness (QED) is 0.557. The molecule has 0 spiro atoms. The van der Waals surface area contributed by atoms with E-state index in [1.165, 1.54) is 18.3 Å². The molecule has 8 nitrogen and oxygen atoms in total. The van der Waals surface area contributed by atoms with Crippen molar-refractivity contribution in [2.24, 2.45) is 0 Å². The maximum atomic E-state index is 13.9. The van der Waals surface area contributed by atoms with Crippen LogP contribution in [0.3, 0.4) is 0 Å². The molecule has 2 atom stereocenters. The second-order valence-corrected chi connectivity index (χ2v) is 6.03. The molecule has 2 heterocycles. The fraction of sp³-hybridized carbons (Fsp3) is 0.375. The molecule has 0 aliphatic heterocycles. The fourth-order valence-electron chi connectivity index (χ4n) is 2.92. The first-order valence-electron chi connectivity index (χ1n) is 8.14. The summed E-state index contributed by atoms with van der Waals surface area (Å²) >= 11 is 0. The van der Waals surface area contributed by atoms with Crippen molar-refractivity contribution in [2.75, 3.05) is 10.6 Å². The first-order valence-corrected chi connectivity index (χ1v) is 8.14. The van der Waals surface area contributed by atoms with Crippen LogP contribution in [-0.4, -0.2) is 33.6 Å². The van der Waals surface area contributed by atoms with Gasteiger partial charge in [0.2, 0.25) is 0 Å². The lowest BCUT2D eigenvalue weighted by molar-refractivity contribution is -0.385. The number of alkyl halides is 2. The highest BCUT2D eigenvalue weighted by atomic mass is 19.3. The van der Waals surface area contributed by atoms with Crippen LogP contribution < -0.4 is 15.4 Å². The second kappa shape index (κ2) is 8.06. The number of nitrogens with one attached hydrogen (secondary N) is 2. The second-order valence-electron chi connectivity index (χ2n) is 6.03. The number of halogens is 3. The zero-order chi connectivity index (χ0) is 19.4. The van der Waals surface area contributed by atoms with Crippen molar-refractivity contribution in [2.45, 2.75) is 38.0 Å². The van der Waals surface area contributed by atoms with E-state index in [0.29, 0.717) is 12.2 Å². The maximum absolute atomic E-state index is 13.9. The van der Waals surface area contributed by atoms with Gasteiger partial charge >= 0.3 is 6.61 Å². The molecule has 2 N–H and O–H groups in total. The van der Waals surface area contributed by atoms with Crippen LogP contribution in [0.5, 0.6) is 5.75 Å². The minimum Gasteiger partial charge on any atom is -0.433 e. The molecule has 2 aromatic heterocycles. The van der Waals surface area contributed by atoms with Crippen LogP contribution in [0.15, 0.2) is 30.6 Å². The molecular weight excluding hydrogens is 367 g/mol. The lowest BCUT2D eigenvalue weighted by Crippen LogP contribution is -2.22. The molecule has 11 heteroatoms. The highest BCUT2D eigenvalue weighted by Gasteiger charge is 2.26. The van der Waals surface area contributed by atoms with Crippen molar-refractivity contribution in [3.05, 3.63) is 46.5 Å². The summed E-state index contributed by atoms with van der Waals surface area (Å²) in [5, 5.41) is 16.7. The van der Waals surface area contributed by atoms with Crippen LogP contribution in [0.1, 0.15) is 19.3 Å². The lowest BCUT2D eigenvalue weighted by atomic mass is 10.2. The molecule has 27 heavy (non-hydrogen) atoms. The number of pyridine rings is 2. The summed E-state index contributed by atoms with van der Waals surface area (Å²) in [4.78, 5) is 17.7. The van der Waals surface area contributed by atoms with Crippen LogP contribution in [0, 0.1) is 15.9 Å². The van der Waals surface area contributed by atoms with Crippen LogP contribution in [-0.2, 0) is 0 Å². The Morgan fingerprint density at radius 2 is 1.93 bits per heavy atom. The van der Waals surface area contributed by atoms with E-state index in [1.807, 2.05) is 0 Å². The van der Waals surface area contributed by atoms with E-state index in [9.17, 15) is 23.3 Å². The number of ether oxygens (including phenoxy) is 1. The average molecular weight is 383 g/mol. The zero-order valence-corrected chi connectivity index (χ0v) is 13.9. The van der Waals surface area contributed by atoms with E-state index in [0.717, 1.165) is 25.1 Å². The molecule has 0 bridgehead atoms. The molecule has 0 saturated heterocycles. The summed E-state index contributed by atoms with van der Waals surface area (Å²) in [6.45, 7) is -2.90. The Bertz CT molecular complexity index is 806. The van der Waals surface area contributed by atoms with Gasteiger partial charge in [-0.2, -0.15) is 8.78 Å². The van der Waals surface area contributed by atoms with Gasteiger partial charge in [0.05, 0.1) is 17.2 Å². The number of nitrogens with zero attached hydrogens (tertiary/aromatic N) is 3. The molecule has 0 aromatic carbocycles. The van der Waals surface area contributed by atoms with E-state index in [4.69, 9.17) is 0 Å². The third kappa shape index (κ3) is 4.96. The van der Waals surface area contributed by atoms with E-state index < -0.39 is 23.0 Å².